The fourth-order valence-electron chi connectivity index (χ4n) is 2.39. The number of benzene rings is 1. The lowest BCUT2D eigenvalue weighted by Gasteiger charge is -2.36. The molecule has 2 amide bonds. The topological polar surface area (TPSA) is 49.4 Å². The highest BCUT2D eigenvalue weighted by molar-refractivity contribution is 8.00. The van der Waals surface area contributed by atoms with E-state index < -0.39 is 0 Å². The first kappa shape index (κ1) is 16.6. The van der Waals surface area contributed by atoms with Gasteiger partial charge in [0.25, 0.3) is 0 Å². The zero-order chi connectivity index (χ0) is 16.1. The van der Waals surface area contributed by atoms with Crippen LogP contribution in [-0.4, -0.2) is 40.3 Å². The van der Waals surface area contributed by atoms with Crippen LogP contribution in [0.15, 0.2) is 30.3 Å². The van der Waals surface area contributed by atoms with Gasteiger partial charge in [-0.15, -0.1) is 0 Å². The van der Waals surface area contributed by atoms with Gasteiger partial charge >= 0.3 is 0 Å². The molecule has 0 radical (unpaired) electrons. The zero-order valence-electron chi connectivity index (χ0n) is 13.2. The number of carbonyl (C=O) groups excluding carboxylic acids is 2. The smallest absolute Gasteiger partial charge is 0.246 e. The average Bonchev–Trinajstić information content (AvgIpc) is 2.48. The highest BCUT2D eigenvalue weighted by Gasteiger charge is 2.27. The fraction of sp³-hybridized carbons (Fsp3) is 0.412. The van der Waals surface area contributed by atoms with Crippen molar-refractivity contribution in [2.75, 3.05) is 17.6 Å². The second kappa shape index (κ2) is 7.49. The van der Waals surface area contributed by atoms with E-state index in [1.807, 2.05) is 47.0 Å². The summed E-state index contributed by atoms with van der Waals surface area (Å²) in [5, 5.41) is 3.19. The first-order valence-corrected chi connectivity index (χ1v) is 8.50. The highest BCUT2D eigenvalue weighted by Crippen LogP contribution is 2.24. The molecule has 0 unspecified atom stereocenters. The quantitative estimate of drug-likeness (QED) is 0.872. The summed E-state index contributed by atoms with van der Waals surface area (Å²) in [4.78, 5) is 25.2. The summed E-state index contributed by atoms with van der Waals surface area (Å²) in [5.41, 5.74) is 1.70. The Morgan fingerprint density at radius 3 is 2.59 bits per heavy atom. The second-order valence-corrected chi connectivity index (χ2v) is 6.97. The molecule has 4 nitrogen and oxygen atoms in total. The zero-order valence-corrected chi connectivity index (χ0v) is 14.0. The minimum Gasteiger partial charge on any atom is -0.335 e. The summed E-state index contributed by atoms with van der Waals surface area (Å²) in [7, 11) is 0. The van der Waals surface area contributed by atoms with Crippen LogP contribution in [0, 0.1) is 0 Å². The standard InChI is InChI=1S/C17H22N2O2S/c1-12-13(2)22-11-10-19(12)17(21)9-6-15-4-7-16(8-5-15)18-14(3)20/h4-9,12-13H,10-11H2,1-3H3,(H,18,20)/b9-6-/t12-,13-/m1/s1. The number of nitrogens with one attached hydrogen (secondary N) is 1. The first-order chi connectivity index (χ1) is 10.5. The van der Waals surface area contributed by atoms with Gasteiger partial charge in [0.2, 0.25) is 11.8 Å². The Labute approximate surface area is 136 Å². The number of carbonyl (C=O) groups is 2. The molecule has 0 bridgehead atoms. The summed E-state index contributed by atoms with van der Waals surface area (Å²) in [6.45, 7) is 6.55. The van der Waals surface area contributed by atoms with Gasteiger partial charge in [-0.25, -0.2) is 0 Å². The van der Waals surface area contributed by atoms with E-state index in [1.54, 1.807) is 6.08 Å². The van der Waals surface area contributed by atoms with Crippen molar-refractivity contribution >= 4 is 35.3 Å². The van der Waals surface area contributed by atoms with Gasteiger partial charge in [-0.1, -0.05) is 19.1 Å². The SMILES string of the molecule is CC(=O)Nc1ccc(/C=C\C(=O)N2CCS[C@H](C)[C@H]2C)cc1. The third-order valence-electron chi connectivity index (χ3n) is 3.82. The van der Waals surface area contributed by atoms with E-state index in [2.05, 4.69) is 19.2 Å². The van der Waals surface area contributed by atoms with Crippen molar-refractivity contribution in [3.8, 4) is 0 Å². The van der Waals surface area contributed by atoms with Crippen molar-refractivity contribution in [1.82, 2.24) is 4.90 Å². The highest BCUT2D eigenvalue weighted by atomic mass is 32.2. The summed E-state index contributed by atoms with van der Waals surface area (Å²) in [5.74, 6) is 0.964. The van der Waals surface area contributed by atoms with E-state index in [0.29, 0.717) is 5.25 Å². The molecule has 1 fully saturated rings. The van der Waals surface area contributed by atoms with Crippen molar-refractivity contribution in [1.29, 1.82) is 0 Å². The average molecular weight is 318 g/mol. The molecular formula is C17H22N2O2S. The number of hydrogen-bond acceptors (Lipinski definition) is 3. The van der Waals surface area contributed by atoms with Gasteiger partial charge in [-0.2, -0.15) is 11.8 Å². The van der Waals surface area contributed by atoms with E-state index in [0.717, 1.165) is 23.5 Å². The molecule has 118 valence electrons. The molecule has 1 aliphatic rings. The van der Waals surface area contributed by atoms with E-state index in [-0.39, 0.29) is 17.9 Å². The molecule has 1 aliphatic heterocycles. The number of amides is 2. The van der Waals surface area contributed by atoms with Crippen LogP contribution in [0.1, 0.15) is 26.3 Å². The Morgan fingerprint density at radius 1 is 1.27 bits per heavy atom. The van der Waals surface area contributed by atoms with Crippen LogP contribution in [0.25, 0.3) is 6.08 Å². The molecule has 1 aromatic carbocycles. The maximum atomic E-state index is 12.3. The van der Waals surface area contributed by atoms with Gasteiger partial charge in [-0.05, 0) is 30.7 Å². The van der Waals surface area contributed by atoms with Crippen LogP contribution < -0.4 is 5.32 Å². The number of anilines is 1. The minimum atomic E-state index is -0.0930. The molecule has 1 N–H and O–H groups in total. The Hall–Kier alpha value is -1.75. The summed E-state index contributed by atoms with van der Waals surface area (Å²) in [6.07, 6.45) is 3.45. The monoisotopic (exact) mass is 318 g/mol. The lowest BCUT2D eigenvalue weighted by Crippen LogP contribution is -2.47. The summed E-state index contributed by atoms with van der Waals surface area (Å²) >= 11 is 1.92. The Bertz CT molecular complexity index is 569. The van der Waals surface area contributed by atoms with Crippen molar-refractivity contribution in [3.05, 3.63) is 35.9 Å². The van der Waals surface area contributed by atoms with Crippen LogP contribution >= 0.6 is 11.8 Å². The van der Waals surface area contributed by atoms with Gasteiger partial charge < -0.3 is 10.2 Å². The third-order valence-corrected chi connectivity index (χ3v) is 5.15. The molecule has 1 heterocycles. The van der Waals surface area contributed by atoms with Crippen molar-refractivity contribution in [2.24, 2.45) is 0 Å². The van der Waals surface area contributed by atoms with Crippen molar-refractivity contribution in [2.45, 2.75) is 32.1 Å². The van der Waals surface area contributed by atoms with Gasteiger partial charge in [0.1, 0.15) is 0 Å². The van der Waals surface area contributed by atoms with Crippen molar-refractivity contribution < 1.29 is 9.59 Å². The first-order valence-electron chi connectivity index (χ1n) is 7.45. The normalized spacial score (nSPS) is 21.9. The largest absolute Gasteiger partial charge is 0.335 e. The number of rotatable bonds is 3. The maximum absolute atomic E-state index is 12.3. The van der Waals surface area contributed by atoms with Crippen LogP contribution in [0.2, 0.25) is 0 Å². The molecule has 0 spiro atoms. The lowest BCUT2D eigenvalue weighted by atomic mass is 10.1. The van der Waals surface area contributed by atoms with Gasteiger partial charge in [0, 0.05) is 42.3 Å². The Morgan fingerprint density at radius 2 is 1.95 bits per heavy atom. The van der Waals surface area contributed by atoms with E-state index in [4.69, 9.17) is 0 Å². The maximum Gasteiger partial charge on any atom is 0.246 e. The van der Waals surface area contributed by atoms with Gasteiger partial charge in [0.15, 0.2) is 0 Å². The Balaban J connectivity index is 1.98. The fourth-order valence-corrected chi connectivity index (χ4v) is 3.49. The molecule has 2 rings (SSSR count). The molecule has 2 atom stereocenters. The number of nitrogens with zero attached hydrogens (tertiary/aromatic N) is 1. The van der Waals surface area contributed by atoms with Crippen molar-refractivity contribution in [3.63, 3.8) is 0 Å². The summed E-state index contributed by atoms with van der Waals surface area (Å²) in [6, 6.07) is 7.68. The van der Waals surface area contributed by atoms with Gasteiger partial charge in [0.05, 0.1) is 0 Å². The van der Waals surface area contributed by atoms with E-state index >= 15 is 0 Å². The molecule has 0 aliphatic carbocycles. The molecule has 0 aromatic heterocycles. The molecule has 0 saturated carbocycles. The molecule has 1 saturated heterocycles. The number of hydrogen-bond donors (Lipinski definition) is 1. The molecule has 22 heavy (non-hydrogen) atoms. The summed E-state index contributed by atoms with van der Waals surface area (Å²) < 4.78 is 0. The molecule has 1 aromatic rings. The number of thioether (sulfide) groups is 1. The molecular weight excluding hydrogens is 296 g/mol. The van der Waals surface area contributed by atoms with E-state index in [9.17, 15) is 9.59 Å². The minimum absolute atomic E-state index is 0.0607. The predicted octanol–water partition coefficient (Wildman–Crippen LogP) is 3.01. The second-order valence-electron chi connectivity index (χ2n) is 5.48. The van der Waals surface area contributed by atoms with Crippen LogP contribution in [-0.2, 0) is 9.59 Å². The third kappa shape index (κ3) is 4.37. The van der Waals surface area contributed by atoms with E-state index in [1.165, 1.54) is 6.92 Å². The Kier molecular flexibility index (Phi) is 5.66. The molecule has 5 heteroatoms. The lowest BCUT2D eigenvalue weighted by molar-refractivity contribution is -0.127. The van der Waals surface area contributed by atoms with Crippen LogP contribution in [0.5, 0.6) is 0 Å². The predicted molar refractivity (Wildman–Crippen MR) is 92.9 cm³/mol. The van der Waals surface area contributed by atoms with Crippen LogP contribution in [0.3, 0.4) is 0 Å². The van der Waals surface area contributed by atoms with Gasteiger partial charge in [-0.3, -0.25) is 9.59 Å². The van der Waals surface area contributed by atoms with Crippen LogP contribution in [0.4, 0.5) is 5.69 Å².